The number of amides is 1. The largest absolute Gasteiger partial charge is 0.472 e. The van der Waals surface area contributed by atoms with Crippen molar-refractivity contribution in [3.63, 3.8) is 0 Å². The molecule has 4 rings (SSSR count). The van der Waals surface area contributed by atoms with Crippen LogP contribution in [0, 0.1) is 0 Å². The van der Waals surface area contributed by atoms with Crippen LogP contribution in [-0.2, 0) is 20.9 Å². The van der Waals surface area contributed by atoms with Gasteiger partial charge in [-0.25, -0.2) is 14.8 Å². The Bertz CT molecular complexity index is 1110. The van der Waals surface area contributed by atoms with Crippen LogP contribution in [0.2, 0.25) is 25.7 Å². The maximum Gasteiger partial charge on any atom is 0.410 e. The summed E-state index contributed by atoms with van der Waals surface area (Å²) in [6, 6.07) is 0.988. The molecule has 0 aliphatic carbocycles. The summed E-state index contributed by atoms with van der Waals surface area (Å²) in [6.45, 7) is 19.4. The maximum absolute atomic E-state index is 12.8. The van der Waals surface area contributed by atoms with Crippen LogP contribution in [0.1, 0.15) is 65.4 Å². The molecule has 2 unspecified atom stereocenters. The van der Waals surface area contributed by atoms with Gasteiger partial charge in [-0.15, -0.1) is 0 Å². The normalized spacial score (nSPS) is 24.7. The molecule has 1 amide bonds. The zero-order valence-corrected chi connectivity index (χ0v) is 25.5. The third-order valence-corrected chi connectivity index (χ3v) is 9.08. The number of likely N-dealkylation sites (tertiary alicyclic amines) is 1. The van der Waals surface area contributed by atoms with E-state index in [1.165, 1.54) is 5.56 Å². The lowest BCUT2D eigenvalue weighted by atomic mass is 9.89. The van der Waals surface area contributed by atoms with Crippen molar-refractivity contribution in [3.8, 4) is 5.88 Å². The highest BCUT2D eigenvalue weighted by Gasteiger charge is 2.38. The summed E-state index contributed by atoms with van der Waals surface area (Å²) in [5, 5.41) is 0.948. The second-order valence-corrected chi connectivity index (χ2v) is 18.7. The van der Waals surface area contributed by atoms with E-state index in [1.54, 1.807) is 11.2 Å². The first-order chi connectivity index (χ1) is 17.8. The molecule has 9 nitrogen and oxygen atoms in total. The molecule has 2 aliphatic rings. The summed E-state index contributed by atoms with van der Waals surface area (Å²) in [5.41, 5.74) is 1.48. The van der Waals surface area contributed by atoms with E-state index < -0.39 is 13.7 Å². The number of hydrogen-bond acceptors (Lipinski definition) is 7. The van der Waals surface area contributed by atoms with Crippen molar-refractivity contribution < 1.29 is 23.7 Å². The van der Waals surface area contributed by atoms with Gasteiger partial charge in [-0.2, -0.15) is 0 Å². The van der Waals surface area contributed by atoms with E-state index in [0.717, 1.165) is 49.6 Å². The van der Waals surface area contributed by atoms with E-state index in [1.807, 2.05) is 27.7 Å². The van der Waals surface area contributed by atoms with Gasteiger partial charge in [0.15, 0.2) is 0 Å². The minimum absolute atomic E-state index is 0.131. The molecule has 0 spiro atoms. The van der Waals surface area contributed by atoms with Crippen LogP contribution >= 0.6 is 0 Å². The van der Waals surface area contributed by atoms with E-state index in [9.17, 15) is 4.79 Å². The first kappa shape index (κ1) is 28.8. The van der Waals surface area contributed by atoms with Gasteiger partial charge in [0.2, 0.25) is 5.88 Å². The minimum Gasteiger partial charge on any atom is -0.472 e. The highest BCUT2D eigenvalue weighted by atomic mass is 28.3. The van der Waals surface area contributed by atoms with Crippen molar-refractivity contribution in [1.29, 1.82) is 0 Å². The molecule has 10 heteroatoms. The predicted octanol–water partition coefficient (Wildman–Crippen LogP) is 5.80. The monoisotopic (exact) mass is 546 g/mol. The zero-order valence-electron chi connectivity index (χ0n) is 24.5. The molecule has 212 valence electrons. The Balaban J connectivity index is 1.59. The second kappa shape index (κ2) is 11.5. The van der Waals surface area contributed by atoms with Gasteiger partial charge in [0.05, 0.1) is 17.5 Å². The van der Waals surface area contributed by atoms with Gasteiger partial charge in [0.25, 0.3) is 0 Å². The van der Waals surface area contributed by atoms with Crippen LogP contribution in [0.15, 0.2) is 12.5 Å². The maximum atomic E-state index is 12.8. The molecular formula is C28H46N4O5Si. The highest BCUT2D eigenvalue weighted by Crippen LogP contribution is 2.39. The molecule has 2 aliphatic heterocycles. The van der Waals surface area contributed by atoms with Crippen molar-refractivity contribution in [3.05, 3.63) is 18.1 Å². The smallest absolute Gasteiger partial charge is 0.410 e. The molecule has 0 saturated carbocycles. The van der Waals surface area contributed by atoms with Crippen LogP contribution in [0.25, 0.3) is 11.0 Å². The molecule has 0 aromatic carbocycles. The number of hydrogen-bond donors (Lipinski definition) is 0. The van der Waals surface area contributed by atoms with Gasteiger partial charge in [0, 0.05) is 40.5 Å². The first-order valence-corrected chi connectivity index (χ1v) is 17.7. The molecule has 2 aromatic heterocycles. The minimum atomic E-state index is -1.17. The summed E-state index contributed by atoms with van der Waals surface area (Å²) in [4.78, 5) is 23.8. The van der Waals surface area contributed by atoms with Gasteiger partial charge in [-0.1, -0.05) is 19.6 Å². The molecule has 4 heterocycles. The Hall–Kier alpha value is -2.17. The van der Waals surface area contributed by atoms with Gasteiger partial charge < -0.3 is 28.4 Å². The lowest BCUT2D eigenvalue weighted by Crippen LogP contribution is -2.42. The summed E-state index contributed by atoms with van der Waals surface area (Å²) < 4.78 is 26.2. The van der Waals surface area contributed by atoms with E-state index in [2.05, 4.69) is 47.3 Å². The van der Waals surface area contributed by atoms with Crippen molar-refractivity contribution >= 4 is 25.2 Å². The Morgan fingerprint density at radius 3 is 2.63 bits per heavy atom. The Labute approximate surface area is 228 Å². The van der Waals surface area contributed by atoms with Crippen LogP contribution in [0.4, 0.5) is 4.79 Å². The number of fused-ring (bicyclic) bond motifs is 1. The fraction of sp³-hybridized carbons (Fsp3) is 0.750. The topological polar surface area (TPSA) is 87.9 Å². The third kappa shape index (κ3) is 7.07. The Kier molecular flexibility index (Phi) is 8.74. The first-order valence-electron chi connectivity index (χ1n) is 14.0. The number of carbonyl (C=O) groups excluding carboxylic acids is 1. The van der Waals surface area contributed by atoms with Crippen LogP contribution < -0.4 is 4.74 Å². The van der Waals surface area contributed by atoms with E-state index in [4.69, 9.17) is 18.9 Å². The summed E-state index contributed by atoms with van der Waals surface area (Å²) >= 11 is 0. The van der Waals surface area contributed by atoms with Crippen LogP contribution in [0.5, 0.6) is 5.88 Å². The molecular weight excluding hydrogens is 500 g/mol. The zero-order chi connectivity index (χ0) is 27.7. The second-order valence-electron chi connectivity index (χ2n) is 13.0. The van der Waals surface area contributed by atoms with Gasteiger partial charge in [0.1, 0.15) is 30.4 Å². The van der Waals surface area contributed by atoms with Gasteiger partial charge in [-0.05, 0) is 65.0 Å². The van der Waals surface area contributed by atoms with Crippen molar-refractivity contribution in [1.82, 2.24) is 19.4 Å². The number of carbonyl (C=O) groups is 1. The number of rotatable bonds is 8. The molecule has 0 N–H and O–H groups in total. The lowest BCUT2D eigenvalue weighted by molar-refractivity contribution is 0.0187. The molecule has 0 bridgehead atoms. The number of aromatic nitrogens is 3. The Morgan fingerprint density at radius 1 is 1.18 bits per heavy atom. The standard InChI is InChI=1S/C28H46N4O5Si/c1-19-15-21(10-12-35-19)22-16-31(18-34-13-14-38(6,7)8)25-24(22)26(30-17-29-25)36-23-9-11-32(20(23)2)27(33)37-28(3,4)5/h16-17,19-21,23H,9-15,18H2,1-8H3/t19?,20-,21?,23-/m1/s1. The predicted molar refractivity (Wildman–Crippen MR) is 150 cm³/mol. The van der Waals surface area contributed by atoms with Crippen molar-refractivity contribution in [2.75, 3.05) is 19.8 Å². The highest BCUT2D eigenvalue weighted by molar-refractivity contribution is 6.76. The fourth-order valence-corrected chi connectivity index (χ4v) is 5.99. The third-order valence-electron chi connectivity index (χ3n) is 7.38. The van der Waals surface area contributed by atoms with E-state index >= 15 is 0 Å². The number of ether oxygens (including phenoxy) is 4. The van der Waals surface area contributed by atoms with Gasteiger partial charge in [-0.3, -0.25) is 0 Å². The molecule has 2 aromatic rings. The van der Waals surface area contributed by atoms with E-state index in [0.29, 0.717) is 25.1 Å². The average molecular weight is 547 g/mol. The number of nitrogens with zero attached hydrogens (tertiary/aromatic N) is 4. The fourth-order valence-electron chi connectivity index (χ4n) is 5.23. The Morgan fingerprint density at radius 2 is 1.95 bits per heavy atom. The van der Waals surface area contributed by atoms with Crippen LogP contribution in [-0.4, -0.2) is 77.2 Å². The molecule has 4 atom stereocenters. The summed E-state index contributed by atoms with van der Waals surface area (Å²) in [6.07, 6.45) is 6.06. The quantitative estimate of drug-likeness (QED) is 0.305. The SMILES string of the molecule is CC1CC(c2cn(COCC[Si](C)(C)C)c3ncnc(O[C@@H]4CCN(C(=O)OC(C)(C)C)[C@@H]4C)c23)CCO1. The average Bonchev–Trinajstić information content (AvgIpc) is 3.36. The molecule has 2 fully saturated rings. The van der Waals surface area contributed by atoms with Crippen molar-refractivity contribution in [2.45, 2.75) is 116 Å². The molecule has 38 heavy (non-hydrogen) atoms. The van der Waals surface area contributed by atoms with Crippen LogP contribution in [0.3, 0.4) is 0 Å². The van der Waals surface area contributed by atoms with Crippen molar-refractivity contribution in [2.24, 2.45) is 0 Å². The summed E-state index contributed by atoms with van der Waals surface area (Å²) in [5.74, 6) is 0.907. The van der Waals surface area contributed by atoms with Gasteiger partial charge >= 0.3 is 6.09 Å². The molecule has 2 saturated heterocycles. The lowest BCUT2D eigenvalue weighted by Gasteiger charge is -2.29. The summed E-state index contributed by atoms with van der Waals surface area (Å²) in [7, 11) is -1.17. The molecule has 0 radical (unpaired) electrons. The van der Waals surface area contributed by atoms with E-state index in [-0.39, 0.29) is 24.3 Å².